The second-order valence-electron chi connectivity index (χ2n) is 6.08. The summed E-state index contributed by atoms with van der Waals surface area (Å²) in [5, 5.41) is 9.42. The van der Waals surface area contributed by atoms with Crippen molar-refractivity contribution in [2.75, 3.05) is 0 Å². The Morgan fingerprint density at radius 2 is 2.04 bits per heavy atom. The summed E-state index contributed by atoms with van der Waals surface area (Å²) in [5.41, 5.74) is 4.15. The first-order valence-corrected chi connectivity index (χ1v) is 8.17. The van der Waals surface area contributed by atoms with Gasteiger partial charge in [-0.25, -0.2) is 19.6 Å². The number of rotatable bonds is 3. The fourth-order valence-electron chi connectivity index (χ4n) is 2.92. The molecule has 0 saturated carbocycles. The molecule has 0 aliphatic carbocycles. The lowest BCUT2D eigenvalue weighted by Crippen LogP contribution is -2.05. The van der Waals surface area contributed by atoms with Crippen LogP contribution in [0, 0.1) is 6.92 Å². The van der Waals surface area contributed by atoms with E-state index in [2.05, 4.69) is 36.3 Å². The first-order chi connectivity index (χ1) is 12.8. The highest BCUT2D eigenvalue weighted by Crippen LogP contribution is 2.16. The van der Waals surface area contributed by atoms with Crippen molar-refractivity contribution in [1.82, 2.24) is 39.5 Å². The Kier molecular flexibility index (Phi) is 3.21. The normalized spacial score (nSPS) is 11.4. The van der Waals surface area contributed by atoms with Crippen LogP contribution in [0.3, 0.4) is 0 Å². The molecule has 26 heavy (non-hydrogen) atoms. The second-order valence-corrected chi connectivity index (χ2v) is 6.08. The van der Waals surface area contributed by atoms with Crippen LogP contribution >= 0.6 is 0 Å². The largest absolute Gasteiger partial charge is 0.289 e. The molecule has 5 aromatic rings. The molecule has 4 heterocycles. The van der Waals surface area contributed by atoms with E-state index in [0.717, 1.165) is 22.2 Å². The molecule has 0 fully saturated rings. The summed E-state index contributed by atoms with van der Waals surface area (Å²) in [4.78, 5) is 17.6. The summed E-state index contributed by atoms with van der Waals surface area (Å²) in [7, 11) is 0. The average molecular weight is 342 g/mol. The van der Waals surface area contributed by atoms with Crippen LogP contribution in [0.1, 0.15) is 11.3 Å². The van der Waals surface area contributed by atoms with Gasteiger partial charge in [0.05, 0.1) is 24.0 Å². The number of fused-ring (bicyclic) bond motifs is 2. The third-order valence-electron chi connectivity index (χ3n) is 4.19. The van der Waals surface area contributed by atoms with Crippen LogP contribution in [0.15, 0.2) is 55.2 Å². The van der Waals surface area contributed by atoms with Crippen molar-refractivity contribution >= 4 is 22.2 Å². The minimum atomic E-state index is 0.521. The van der Waals surface area contributed by atoms with Gasteiger partial charge in [0.2, 0.25) is 5.65 Å². The Morgan fingerprint density at radius 1 is 1.08 bits per heavy atom. The molecule has 8 heteroatoms. The van der Waals surface area contributed by atoms with Gasteiger partial charge in [-0.05, 0) is 30.7 Å². The quantitative estimate of drug-likeness (QED) is 0.500. The molecule has 1 aromatic carbocycles. The second kappa shape index (κ2) is 5.69. The van der Waals surface area contributed by atoms with Gasteiger partial charge in [0.25, 0.3) is 0 Å². The molecule has 0 N–H and O–H groups in total. The molecular formula is C18H14N8. The Bertz CT molecular complexity index is 1240. The lowest BCUT2D eigenvalue weighted by atomic mass is 10.1. The van der Waals surface area contributed by atoms with Gasteiger partial charge >= 0.3 is 0 Å². The molecule has 0 spiro atoms. The molecule has 0 bridgehead atoms. The van der Waals surface area contributed by atoms with Crippen molar-refractivity contribution in [3.63, 3.8) is 0 Å². The van der Waals surface area contributed by atoms with Gasteiger partial charge in [0.15, 0.2) is 11.5 Å². The van der Waals surface area contributed by atoms with E-state index < -0.39 is 0 Å². The van der Waals surface area contributed by atoms with E-state index >= 15 is 0 Å². The van der Waals surface area contributed by atoms with Crippen LogP contribution in [-0.2, 0) is 6.54 Å². The molecule has 0 aliphatic rings. The molecule has 0 radical (unpaired) electrons. The van der Waals surface area contributed by atoms with Gasteiger partial charge in [0.1, 0.15) is 6.33 Å². The Hall–Kier alpha value is -3.68. The number of hydrogen-bond acceptors (Lipinski definition) is 6. The van der Waals surface area contributed by atoms with E-state index in [1.165, 1.54) is 0 Å². The molecule has 4 aromatic heterocycles. The van der Waals surface area contributed by atoms with Gasteiger partial charge < -0.3 is 0 Å². The minimum Gasteiger partial charge on any atom is -0.289 e. The lowest BCUT2D eigenvalue weighted by Gasteiger charge is -2.05. The van der Waals surface area contributed by atoms with Crippen LogP contribution in [0.4, 0.5) is 0 Å². The van der Waals surface area contributed by atoms with Gasteiger partial charge in [0, 0.05) is 17.8 Å². The van der Waals surface area contributed by atoms with Crippen LogP contribution in [-0.4, -0.2) is 39.5 Å². The molecule has 0 atom stereocenters. The Morgan fingerprint density at radius 3 is 2.92 bits per heavy atom. The maximum atomic E-state index is 4.66. The van der Waals surface area contributed by atoms with Crippen molar-refractivity contribution in [3.8, 4) is 5.82 Å². The van der Waals surface area contributed by atoms with E-state index in [0.29, 0.717) is 23.7 Å². The Balaban J connectivity index is 1.55. The van der Waals surface area contributed by atoms with E-state index in [1.807, 2.05) is 42.0 Å². The van der Waals surface area contributed by atoms with Gasteiger partial charge in [-0.1, -0.05) is 17.3 Å². The monoisotopic (exact) mass is 342 g/mol. The summed E-state index contributed by atoms with van der Waals surface area (Å²) in [6, 6.07) is 10.1. The van der Waals surface area contributed by atoms with Crippen molar-refractivity contribution in [2.24, 2.45) is 0 Å². The third-order valence-corrected chi connectivity index (χ3v) is 4.19. The third kappa shape index (κ3) is 2.48. The van der Waals surface area contributed by atoms with Crippen LogP contribution in [0.25, 0.3) is 28.0 Å². The molecule has 126 valence electrons. The van der Waals surface area contributed by atoms with Gasteiger partial charge in [-0.3, -0.25) is 9.55 Å². The number of aryl methyl sites for hydroxylation is 1. The summed E-state index contributed by atoms with van der Waals surface area (Å²) in [6.45, 7) is 2.49. The maximum Gasteiger partial charge on any atom is 0.221 e. The highest BCUT2D eigenvalue weighted by molar-refractivity contribution is 5.79. The predicted octanol–water partition coefficient (Wildman–Crippen LogP) is 2.31. The molecule has 0 aliphatic heterocycles. The van der Waals surface area contributed by atoms with Crippen molar-refractivity contribution < 1.29 is 0 Å². The fraction of sp³-hybridized carbons (Fsp3) is 0.111. The van der Waals surface area contributed by atoms with Gasteiger partial charge in [-0.15, -0.1) is 5.10 Å². The zero-order chi connectivity index (χ0) is 17.5. The number of hydrogen-bond donors (Lipinski definition) is 0. The molecule has 0 amide bonds. The Labute approximate surface area is 148 Å². The predicted molar refractivity (Wildman–Crippen MR) is 95.8 cm³/mol. The first kappa shape index (κ1) is 14.6. The number of imidazole rings is 1. The van der Waals surface area contributed by atoms with Crippen molar-refractivity contribution in [1.29, 1.82) is 0 Å². The summed E-state index contributed by atoms with van der Waals surface area (Å²) in [5.74, 6) is 0.685. The zero-order valence-electron chi connectivity index (χ0n) is 14.0. The van der Waals surface area contributed by atoms with Crippen LogP contribution < -0.4 is 0 Å². The summed E-state index contributed by atoms with van der Waals surface area (Å²) in [6.07, 6.45) is 7.09. The standard InChI is InChI=1S/C18H14N8/c1-12-9-25(11-21-12)16-8-20-17-18(22-16)26(24-23-17)10-13-4-5-15-14(7-13)3-2-6-19-15/h2-9,11H,10H2,1H3. The first-order valence-electron chi connectivity index (χ1n) is 8.17. The SMILES string of the molecule is Cc1cn(-c2cnc3nnn(Cc4ccc5ncccc5c4)c3n2)cn1. The van der Waals surface area contributed by atoms with E-state index in [9.17, 15) is 0 Å². The zero-order valence-corrected chi connectivity index (χ0v) is 14.0. The molecular weight excluding hydrogens is 328 g/mol. The number of benzene rings is 1. The highest BCUT2D eigenvalue weighted by atomic mass is 15.5. The van der Waals surface area contributed by atoms with E-state index in [1.54, 1.807) is 23.4 Å². The molecule has 8 nitrogen and oxygen atoms in total. The molecule has 0 saturated heterocycles. The van der Waals surface area contributed by atoms with E-state index in [4.69, 9.17) is 0 Å². The molecule has 5 rings (SSSR count). The van der Waals surface area contributed by atoms with Crippen molar-refractivity contribution in [2.45, 2.75) is 13.5 Å². The number of aromatic nitrogens is 8. The smallest absolute Gasteiger partial charge is 0.221 e. The van der Waals surface area contributed by atoms with E-state index in [-0.39, 0.29) is 0 Å². The lowest BCUT2D eigenvalue weighted by molar-refractivity contribution is 0.664. The maximum absolute atomic E-state index is 4.66. The fourth-order valence-corrected chi connectivity index (χ4v) is 2.92. The van der Waals surface area contributed by atoms with Crippen LogP contribution in [0.2, 0.25) is 0 Å². The van der Waals surface area contributed by atoms with Crippen LogP contribution in [0.5, 0.6) is 0 Å². The summed E-state index contributed by atoms with van der Waals surface area (Å²) >= 11 is 0. The topological polar surface area (TPSA) is 87.2 Å². The number of pyridine rings is 1. The average Bonchev–Trinajstić information content (AvgIpc) is 3.28. The van der Waals surface area contributed by atoms with Crippen molar-refractivity contribution in [3.05, 3.63) is 66.5 Å². The molecule has 0 unspecified atom stereocenters. The summed E-state index contributed by atoms with van der Waals surface area (Å²) < 4.78 is 3.59. The van der Waals surface area contributed by atoms with Gasteiger partial charge in [-0.2, -0.15) is 0 Å². The highest BCUT2D eigenvalue weighted by Gasteiger charge is 2.11. The minimum absolute atomic E-state index is 0.521. The number of nitrogens with zero attached hydrogens (tertiary/aromatic N) is 8.